The molecule has 3 rings (SSSR count). The van der Waals surface area contributed by atoms with Crippen LogP contribution in [0.25, 0.3) is 6.08 Å². The van der Waals surface area contributed by atoms with Gasteiger partial charge in [0, 0.05) is 43.3 Å². The van der Waals surface area contributed by atoms with Crippen molar-refractivity contribution < 1.29 is 23.0 Å². The van der Waals surface area contributed by atoms with Gasteiger partial charge < -0.3 is 28.0 Å². The molecule has 5 nitrogen and oxygen atoms in total. The summed E-state index contributed by atoms with van der Waals surface area (Å²) in [4.78, 5) is 11.7. The number of fused-ring (bicyclic) bond motifs is 2. The third-order valence-corrected chi connectivity index (χ3v) is 4.45. The van der Waals surface area contributed by atoms with E-state index in [4.69, 9.17) is 5.11 Å². The van der Waals surface area contributed by atoms with Gasteiger partial charge in [-0.3, -0.25) is 4.79 Å². The summed E-state index contributed by atoms with van der Waals surface area (Å²) >= 11 is 0. The fourth-order valence-electron chi connectivity index (χ4n) is 3.42. The van der Waals surface area contributed by atoms with Gasteiger partial charge in [0.15, 0.2) is 5.70 Å². The van der Waals surface area contributed by atoms with E-state index in [9.17, 15) is 4.79 Å². The SMILES string of the molecule is Cc1cc(C)n2c1C=C1C=CC(CCC(=O)NCCO)=[N+]1[B-]2(F)F. The van der Waals surface area contributed by atoms with Gasteiger partial charge in [0.1, 0.15) is 5.71 Å². The average Bonchev–Trinajstić information content (AvgIpc) is 3.05. The second-order valence-corrected chi connectivity index (χ2v) is 6.15. The molecule has 0 aromatic carbocycles. The molecule has 2 aliphatic rings. The largest absolute Gasteiger partial charge is 0.737 e. The third-order valence-electron chi connectivity index (χ3n) is 4.45. The van der Waals surface area contributed by atoms with Crippen LogP contribution in [-0.2, 0) is 4.79 Å². The van der Waals surface area contributed by atoms with Crippen LogP contribution in [0.2, 0.25) is 0 Å². The Balaban J connectivity index is 1.91. The molecule has 3 heterocycles. The van der Waals surface area contributed by atoms with Crippen LogP contribution < -0.4 is 5.32 Å². The molecule has 1 aromatic heterocycles. The van der Waals surface area contributed by atoms with E-state index in [-0.39, 0.29) is 31.9 Å². The Hall–Kier alpha value is -2.22. The van der Waals surface area contributed by atoms with Gasteiger partial charge in [-0.1, -0.05) is 0 Å². The molecule has 0 fully saturated rings. The van der Waals surface area contributed by atoms with Crippen molar-refractivity contribution in [2.75, 3.05) is 13.2 Å². The summed E-state index contributed by atoms with van der Waals surface area (Å²) in [5.74, 6) is -0.260. The van der Waals surface area contributed by atoms with Gasteiger partial charge in [0.25, 0.3) is 0 Å². The summed E-state index contributed by atoms with van der Waals surface area (Å²) in [7, 11) is 0. The van der Waals surface area contributed by atoms with Crippen LogP contribution in [0, 0.1) is 13.8 Å². The minimum Gasteiger partial charge on any atom is -0.395 e. The van der Waals surface area contributed by atoms with Crippen molar-refractivity contribution in [1.29, 1.82) is 0 Å². The molecule has 1 amide bonds. The molecule has 0 aliphatic carbocycles. The number of hydrogen-bond acceptors (Lipinski definition) is 2. The van der Waals surface area contributed by atoms with Crippen molar-refractivity contribution >= 4 is 24.7 Å². The van der Waals surface area contributed by atoms with Gasteiger partial charge in [0.2, 0.25) is 5.91 Å². The maximum atomic E-state index is 15.1. The van der Waals surface area contributed by atoms with E-state index in [1.54, 1.807) is 31.2 Å². The Morgan fingerprint density at radius 2 is 2.12 bits per heavy atom. The van der Waals surface area contributed by atoms with Crippen molar-refractivity contribution in [1.82, 2.24) is 9.79 Å². The first kappa shape index (κ1) is 16.6. The second-order valence-electron chi connectivity index (χ2n) is 6.15. The number of nitrogens with one attached hydrogen (secondary N) is 1. The number of carbonyl (C=O) groups is 1. The minimum atomic E-state index is -3.98. The summed E-state index contributed by atoms with van der Waals surface area (Å²) in [6.07, 6.45) is 5.40. The number of aromatic nitrogens is 1. The first-order chi connectivity index (χ1) is 11.4. The van der Waals surface area contributed by atoms with Crippen molar-refractivity contribution in [3.05, 3.63) is 40.9 Å². The monoisotopic (exact) mass is 335 g/mol. The smallest absolute Gasteiger partial charge is 0.395 e. The number of allylic oxidation sites excluding steroid dienone is 2. The quantitative estimate of drug-likeness (QED) is 0.803. The number of hydrogen-bond donors (Lipinski definition) is 2. The predicted octanol–water partition coefficient (Wildman–Crippen LogP) is 1.59. The van der Waals surface area contributed by atoms with Crippen molar-refractivity contribution in [2.24, 2.45) is 0 Å². The summed E-state index contributed by atoms with van der Waals surface area (Å²) in [5.41, 5.74) is 2.78. The van der Waals surface area contributed by atoms with Crippen LogP contribution in [0.15, 0.2) is 23.9 Å². The lowest BCUT2D eigenvalue weighted by atomic mass is 9.90. The second kappa shape index (κ2) is 6.01. The number of rotatable bonds is 5. The first-order valence-corrected chi connectivity index (χ1v) is 7.99. The standard InChI is InChI=1S/C16H20BF2N3O2/c1-11-9-12(2)21-15(11)10-14-4-3-13(22(14)17(21,18)19)5-6-16(24)20-7-8-23/h3-4,9-10,23H,5-8H2,1-2H3,(H,20,24). The van der Waals surface area contributed by atoms with Crippen molar-refractivity contribution in [2.45, 2.75) is 26.7 Å². The van der Waals surface area contributed by atoms with E-state index in [0.717, 1.165) is 14.5 Å². The highest BCUT2D eigenvalue weighted by Crippen LogP contribution is 2.34. The molecule has 0 saturated heterocycles. The van der Waals surface area contributed by atoms with E-state index >= 15 is 8.63 Å². The highest BCUT2D eigenvalue weighted by molar-refractivity contribution is 6.58. The van der Waals surface area contributed by atoms with Gasteiger partial charge in [0.05, 0.1) is 6.61 Å². The van der Waals surface area contributed by atoms with Gasteiger partial charge in [-0.05, 0) is 31.2 Å². The zero-order valence-corrected chi connectivity index (χ0v) is 13.7. The normalized spacial score (nSPS) is 17.6. The Bertz CT molecular complexity index is 793. The minimum absolute atomic E-state index is 0.103. The molecule has 24 heavy (non-hydrogen) atoms. The number of aliphatic hydroxyl groups excluding tert-OH is 1. The van der Waals surface area contributed by atoms with Gasteiger partial charge in [-0.25, -0.2) is 0 Å². The molecular formula is C16H20BF2N3O2. The molecule has 0 bridgehead atoms. The molecule has 2 N–H and O–H groups in total. The van der Waals surface area contributed by atoms with Crippen LogP contribution in [0.5, 0.6) is 0 Å². The Labute approximate surface area is 139 Å². The number of amides is 1. The summed E-state index contributed by atoms with van der Waals surface area (Å²) in [5, 5.41) is 11.2. The highest BCUT2D eigenvalue weighted by Gasteiger charge is 2.52. The molecule has 8 heteroatoms. The van der Waals surface area contributed by atoms with Crippen LogP contribution in [0.1, 0.15) is 29.8 Å². The molecule has 128 valence electrons. The number of carbonyl (C=O) groups excluding carboxylic acids is 1. The molecule has 2 aliphatic heterocycles. The zero-order valence-electron chi connectivity index (χ0n) is 13.7. The topological polar surface area (TPSA) is 57.3 Å². The zero-order chi connectivity index (χ0) is 17.5. The molecule has 0 unspecified atom stereocenters. The number of aliphatic hydroxyl groups is 1. The van der Waals surface area contributed by atoms with E-state index in [1.165, 1.54) is 0 Å². The van der Waals surface area contributed by atoms with Crippen molar-refractivity contribution in [3.8, 4) is 0 Å². The molecule has 0 saturated carbocycles. The van der Waals surface area contributed by atoms with E-state index in [2.05, 4.69) is 5.32 Å². The summed E-state index contributed by atoms with van der Waals surface area (Å²) < 4.78 is 32.4. The third kappa shape index (κ3) is 2.60. The van der Waals surface area contributed by atoms with Crippen LogP contribution in [0.3, 0.4) is 0 Å². The summed E-state index contributed by atoms with van der Waals surface area (Å²) in [6.45, 7) is -0.445. The van der Waals surface area contributed by atoms with Gasteiger partial charge in [-0.15, -0.1) is 0 Å². The predicted molar refractivity (Wildman–Crippen MR) is 89.0 cm³/mol. The number of aryl methyl sites for hydroxylation is 2. The van der Waals surface area contributed by atoms with E-state index < -0.39 is 6.97 Å². The molecular weight excluding hydrogens is 315 g/mol. The number of nitrogens with zero attached hydrogens (tertiary/aromatic N) is 2. The average molecular weight is 335 g/mol. The first-order valence-electron chi connectivity index (χ1n) is 7.99. The molecule has 1 aromatic rings. The Kier molecular flexibility index (Phi) is 4.17. The maximum absolute atomic E-state index is 15.1. The number of halogens is 2. The fourth-order valence-corrected chi connectivity index (χ4v) is 3.42. The van der Waals surface area contributed by atoms with Crippen LogP contribution in [-0.4, -0.2) is 45.8 Å². The maximum Gasteiger partial charge on any atom is 0.737 e. The Morgan fingerprint density at radius 3 is 2.83 bits per heavy atom. The van der Waals surface area contributed by atoms with E-state index in [0.29, 0.717) is 22.8 Å². The Morgan fingerprint density at radius 1 is 1.38 bits per heavy atom. The van der Waals surface area contributed by atoms with E-state index in [1.807, 2.05) is 6.92 Å². The lowest BCUT2D eigenvalue weighted by molar-refractivity contribution is -0.362. The lowest BCUT2D eigenvalue weighted by Gasteiger charge is -2.30. The van der Waals surface area contributed by atoms with Crippen LogP contribution >= 0.6 is 0 Å². The summed E-state index contributed by atoms with van der Waals surface area (Å²) in [6, 6.07) is 1.76. The van der Waals surface area contributed by atoms with Gasteiger partial charge in [-0.2, -0.15) is 0 Å². The van der Waals surface area contributed by atoms with Crippen LogP contribution in [0.4, 0.5) is 8.63 Å². The fraction of sp³-hybridized carbons (Fsp3) is 0.375. The molecule has 0 spiro atoms. The van der Waals surface area contributed by atoms with Gasteiger partial charge >= 0.3 is 6.97 Å². The highest BCUT2D eigenvalue weighted by atomic mass is 19.2. The molecule has 0 atom stereocenters. The molecule has 0 radical (unpaired) electrons. The van der Waals surface area contributed by atoms with Crippen molar-refractivity contribution in [3.63, 3.8) is 0 Å². The lowest BCUT2D eigenvalue weighted by Crippen LogP contribution is -2.50.